The van der Waals surface area contributed by atoms with E-state index < -0.39 is 0 Å². The highest BCUT2D eigenvalue weighted by atomic mass is 16.5. The minimum Gasteiger partial charge on any atom is -0.497 e. The van der Waals surface area contributed by atoms with Crippen molar-refractivity contribution in [3.63, 3.8) is 0 Å². The van der Waals surface area contributed by atoms with Crippen LogP contribution in [0.1, 0.15) is 0 Å². The summed E-state index contributed by atoms with van der Waals surface area (Å²) in [7, 11) is 1.63. The predicted octanol–water partition coefficient (Wildman–Crippen LogP) is 5.21. The number of hydrogen-bond donors (Lipinski definition) is 0. The maximum absolute atomic E-state index is 13.7. The molecule has 4 heteroatoms. The Balaban J connectivity index is 1.87. The molecule has 0 fully saturated rings. The van der Waals surface area contributed by atoms with E-state index in [1.165, 1.54) is 0 Å². The molecule has 5 aromatic rings. The molecular formula is C25H18N2O2. The number of hydrogen-bond acceptors (Lipinski definition) is 3. The molecule has 140 valence electrons. The zero-order valence-corrected chi connectivity index (χ0v) is 15.9. The molecule has 0 atom stereocenters. The van der Waals surface area contributed by atoms with Gasteiger partial charge < -0.3 is 4.74 Å². The number of rotatable bonds is 3. The van der Waals surface area contributed by atoms with Gasteiger partial charge in [0.1, 0.15) is 5.75 Å². The van der Waals surface area contributed by atoms with Crippen molar-refractivity contribution in [2.75, 3.05) is 7.11 Å². The molecule has 2 heterocycles. The van der Waals surface area contributed by atoms with Crippen molar-refractivity contribution in [1.29, 1.82) is 0 Å². The van der Waals surface area contributed by atoms with Crippen LogP contribution < -0.4 is 10.3 Å². The van der Waals surface area contributed by atoms with Crippen molar-refractivity contribution in [3.8, 4) is 22.6 Å². The Hall–Kier alpha value is -3.92. The Morgan fingerprint density at radius 3 is 2.41 bits per heavy atom. The number of para-hydroxylation sites is 2. The average Bonchev–Trinajstić information content (AvgIpc) is 2.79. The molecule has 2 aromatic heterocycles. The molecule has 4 nitrogen and oxygen atoms in total. The first-order chi connectivity index (χ1) is 14.3. The van der Waals surface area contributed by atoms with Crippen LogP contribution in [0.3, 0.4) is 0 Å². The van der Waals surface area contributed by atoms with Gasteiger partial charge in [-0.2, -0.15) is 0 Å². The molecule has 29 heavy (non-hydrogen) atoms. The number of benzene rings is 3. The second kappa shape index (κ2) is 6.91. The highest BCUT2D eigenvalue weighted by Crippen LogP contribution is 2.27. The van der Waals surface area contributed by atoms with Crippen molar-refractivity contribution in [2.24, 2.45) is 0 Å². The van der Waals surface area contributed by atoms with Crippen molar-refractivity contribution >= 4 is 21.8 Å². The average molecular weight is 378 g/mol. The van der Waals surface area contributed by atoms with Crippen molar-refractivity contribution in [2.45, 2.75) is 0 Å². The van der Waals surface area contributed by atoms with E-state index in [-0.39, 0.29) is 5.56 Å². The van der Waals surface area contributed by atoms with Gasteiger partial charge in [-0.25, -0.2) is 0 Å². The zero-order chi connectivity index (χ0) is 19.8. The molecule has 5 rings (SSSR count). The van der Waals surface area contributed by atoms with Gasteiger partial charge in [0.25, 0.3) is 5.56 Å². The maximum atomic E-state index is 13.7. The third kappa shape index (κ3) is 2.86. The molecule has 0 amide bonds. The minimum absolute atomic E-state index is 0.0768. The molecular weight excluding hydrogens is 360 g/mol. The van der Waals surface area contributed by atoms with Crippen LogP contribution in [0.4, 0.5) is 0 Å². The van der Waals surface area contributed by atoms with Gasteiger partial charge in [0, 0.05) is 17.1 Å². The lowest BCUT2D eigenvalue weighted by atomic mass is 10.0. The number of methoxy groups -OCH3 is 1. The lowest BCUT2D eigenvalue weighted by Gasteiger charge is -2.15. The number of fused-ring (bicyclic) bond motifs is 2. The van der Waals surface area contributed by atoms with E-state index in [4.69, 9.17) is 4.74 Å². The van der Waals surface area contributed by atoms with Crippen LogP contribution in [0, 0.1) is 0 Å². The van der Waals surface area contributed by atoms with Crippen LogP contribution >= 0.6 is 0 Å². The Labute approximate surface area is 167 Å². The van der Waals surface area contributed by atoms with Crippen molar-refractivity contribution in [1.82, 2.24) is 9.55 Å². The Morgan fingerprint density at radius 2 is 1.59 bits per heavy atom. The largest absolute Gasteiger partial charge is 0.497 e. The van der Waals surface area contributed by atoms with E-state index in [0.717, 1.165) is 38.8 Å². The Kier molecular flexibility index (Phi) is 4.10. The van der Waals surface area contributed by atoms with Crippen LogP contribution in [0.25, 0.3) is 38.6 Å². The maximum Gasteiger partial charge on any atom is 0.263 e. The predicted molar refractivity (Wildman–Crippen MR) is 117 cm³/mol. The van der Waals surface area contributed by atoms with E-state index in [2.05, 4.69) is 4.98 Å². The molecule has 3 aromatic carbocycles. The topological polar surface area (TPSA) is 44.1 Å². The van der Waals surface area contributed by atoms with Gasteiger partial charge in [0.15, 0.2) is 0 Å². The van der Waals surface area contributed by atoms with Gasteiger partial charge in [0.2, 0.25) is 0 Å². The first kappa shape index (κ1) is 17.2. The lowest BCUT2D eigenvalue weighted by Crippen LogP contribution is -2.21. The molecule has 0 N–H and O–H groups in total. The molecule has 0 spiro atoms. The molecule has 0 unspecified atom stereocenters. The second-order valence-electron chi connectivity index (χ2n) is 6.84. The zero-order valence-electron chi connectivity index (χ0n) is 15.9. The summed E-state index contributed by atoms with van der Waals surface area (Å²) in [5.74, 6) is 0.758. The number of nitrogens with zero attached hydrogens (tertiary/aromatic N) is 2. The molecule has 0 saturated carbocycles. The molecule has 0 bridgehead atoms. The summed E-state index contributed by atoms with van der Waals surface area (Å²) < 4.78 is 7.02. The first-order valence-corrected chi connectivity index (χ1v) is 9.39. The summed E-state index contributed by atoms with van der Waals surface area (Å²) in [5, 5.41) is 1.99. The number of aromatic nitrogens is 2. The van der Waals surface area contributed by atoms with E-state index >= 15 is 0 Å². The van der Waals surface area contributed by atoms with Crippen molar-refractivity contribution in [3.05, 3.63) is 101 Å². The van der Waals surface area contributed by atoms with E-state index in [1.54, 1.807) is 17.9 Å². The van der Waals surface area contributed by atoms with Crippen molar-refractivity contribution < 1.29 is 4.74 Å². The first-order valence-electron chi connectivity index (χ1n) is 9.39. The standard InChI is InChI=1S/C25H18N2O2/c1-29-20-13-11-17(12-14-20)21-16-19-6-2-3-9-22(19)27(25(21)28)23-10-4-7-18-8-5-15-26-24(18)23/h2-16H,1H3. The quantitative estimate of drug-likeness (QED) is 0.433. The lowest BCUT2D eigenvalue weighted by molar-refractivity contribution is 0.415. The van der Waals surface area contributed by atoms with Crippen LogP contribution in [0.2, 0.25) is 0 Å². The fourth-order valence-corrected chi connectivity index (χ4v) is 3.75. The molecule has 0 aliphatic carbocycles. The summed E-state index contributed by atoms with van der Waals surface area (Å²) in [4.78, 5) is 18.2. The van der Waals surface area contributed by atoms with Gasteiger partial charge in [-0.3, -0.25) is 14.3 Å². The molecule has 0 radical (unpaired) electrons. The van der Waals surface area contributed by atoms with Crippen LogP contribution in [0.15, 0.2) is 95.9 Å². The molecule has 0 saturated heterocycles. The van der Waals surface area contributed by atoms with E-state index in [0.29, 0.717) is 5.56 Å². The third-order valence-electron chi connectivity index (χ3n) is 5.16. The van der Waals surface area contributed by atoms with Gasteiger partial charge in [-0.1, -0.05) is 48.5 Å². The van der Waals surface area contributed by atoms with E-state index in [9.17, 15) is 4.79 Å². The summed E-state index contributed by atoms with van der Waals surface area (Å²) in [6, 6.07) is 27.3. The summed E-state index contributed by atoms with van der Waals surface area (Å²) in [6.07, 6.45) is 1.76. The number of ether oxygens (including phenoxy) is 1. The molecule has 0 aliphatic rings. The fourth-order valence-electron chi connectivity index (χ4n) is 3.75. The van der Waals surface area contributed by atoms with Gasteiger partial charge in [-0.05, 0) is 47.3 Å². The van der Waals surface area contributed by atoms with Crippen LogP contribution in [-0.4, -0.2) is 16.7 Å². The molecule has 0 aliphatic heterocycles. The minimum atomic E-state index is -0.0768. The van der Waals surface area contributed by atoms with Gasteiger partial charge in [0.05, 0.1) is 23.8 Å². The highest BCUT2D eigenvalue weighted by Gasteiger charge is 2.15. The SMILES string of the molecule is COc1ccc(-c2cc3ccccc3n(-c3cccc4cccnc34)c2=O)cc1. The number of pyridine rings is 2. The Bertz CT molecular complexity index is 1400. The smallest absolute Gasteiger partial charge is 0.263 e. The fraction of sp³-hybridized carbons (Fsp3) is 0.0400. The highest BCUT2D eigenvalue weighted by molar-refractivity contribution is 5.91. The summed E-state index contributed by atoms with van der Waals surface area (Å²) in [6.45, 7) is 0. The summed E-state index contributed by atoms with van der Waals surface area (Å²) >= 11 is 0. The summed E-state index contributed by atoms with van der Waals surface area (Å²) in [5.41, 5.74) is 3.84. The monoisotopic (exact) mass is 378 g/mol. The third-order valence-corrected chi connectivity index (χ3v) is 5.16. The normalized spacial score (nSPS) is 11.1. The second-order valence-corrected chi connectivity index (χ2v) is 6.84. The van der Waals surface area contributed by atoms with Crippen LogP contribution in [-0.2, 0) is 0 Å². The van der Waals surface area contributed by atoms with Gasteiger partial charge in [-0.15, -0.1) is 0 Å². The van der Waals surface area contributed by atoms with E-state index in [1.807, 2.05) is 84.9 Å². The van der Waals surface area contributed by atoms with Crippen LogP contribution in [0.5, 0.6) is 5.75 Å². The van der Waals surface area contributed by atoms with Gasteiger partial charge >= 0.3 is 0 Å². The Morgan fingerprint density at radius 1 is 0.828 bits per heavy atom.